The number of hydrogen-bond donors (Lipinski definition) is 2. The summed E-state index contributed by atoms with van der Waals surface area (Å²) >= 11 is 4.53. The van der Waals surface area contributed by atoms with Gasteiger partial charge < -0.3 is 39.1 Å². The Balaban J connectivity index is 1.27. The van der Waals surface area contributed by atoms with Crippen LogP contribution >= 0.6 is 45.2 Å². The molecule has 0 radical (unpaired) electrons. The fraction of sp³-hybridized carbons (Fsp3) is 0.522. The number of benzene rings is 3. The smallest absolute Gasteiger partial charge is 0.408 e. The summed E-state index contributed by atoms with van der Waals surface area (Å²) < 4.78 is 35.7. The van der Waals surface area contributed by atoms with Crippen LogP contribution in [0.4, 0.5) is 9.59 Å². The van der Waals surface area contributed by atoms with Gasteiger partial charge in [0.05, 0.1) is 52.6 Å². The van der Waals surface area contributed by atoms with Crippen molar-refractivity contribution in [2.45, 2.75) is 122 Å². The second kappa shape index (κ2) is 28.7. The predicted octanol–water partition coefficient (Wildman–Crippen LogP) is 10.7. The van der Waals surface area contributed by atoms with E-state index in [1.165, 1.54) is 0 Å². The van der Waals surface area contributed by atoms with E-state index in [2.05, 4.69) is 55.8 Å². The lowest BCUT2D eigenvalue weighted by Crippen LogP contribution is -2.45. The molecular formula is C46H62I2N2O10. The van der Waals surface area contributed by atoms with Gasteiger partial charge in [-0.05, 0) is 147 Å². The van der Waals surface area contributed by atoms with Gasteiger partial charge in [0, 0.05) is 6.42 Å². The van der Waals surface area contributed by atoms with E-state index in [1.54, 1.807) is 20.8 Å². The summed E-state index contributed by atoms with van der Waals surface area (Å²) in [5.41, 5.74) is 1.05. The van der Waals surface area contributed by atoms with Crippen molar-refractivity contribution >= 4 is 69.3 Å². The summed E-state index contributed by atoms with van der Waals surface area (Å²) in [6, 6.07) is 21.5. The first kappa shape index (κ1) is 50.6. The molecule has 2 amide bonds. The van der Waals surface area contributed by atoms with E-state index in [4.69, 9.17) is 28.4 Å². The molecule has 0 aliphatic rings. The number of carbonyl (C=O) groups is 4. The number of amides is 2. The van der Waals surface area contributed by atoms with Crippen LogP contribution in [0.5, 0.6) is 11.5 Å². The van der Waals surface area contributed by atoms with Crippen LogP contribution in [-0.4, -0.2) is 68.8 Å². The molecule has 1 unspecified atom stereocenters. The largest absolute Gasteiger partial charge is 0.492 e. The number of ether oxygens (including phenoxy) is 6. The highest BCUT2D eigenvalue weighted by molar-refractivity contribution is 14.1. The minimum atomic E-state index is -0.848. The highest BCUT2D eigenvalue weighted by atomic mass is 127. The Labute approximate surface area is 383 Å². The molecule has 12 nitrogen and oxygen atoms in total. The van der Waals surface area contributed by atoms with Crippen LogP contribution in [0.1, 0.15) is 115 Å². The van der Waals surface area contributed by atoms with E-state index >= 15 is 0 Å². The van der Waals surface area contributed by atoms with Crippen molar-refractivity contribution in [3.05, 3.63) is 91.1 Å². The predicted molar refractivity (Wildman–Crippen MR) is 248 cm³/mol. The van der Waals surface area contributed by atoms with Crippen molar-refractivity contribution in [1.29, 1.82) is 0 Å². The van der Waals surface area contributed by atoms with Crippen molar-refractivity contribution in [1.82, 2.24) is 10.6 Å². The van der Waals surface area contributed by atoms with Crippen LogP contribution in [0, 0.1) is 7.14 Å². The van der Waals surface area contributed by atoms with E-state index < -0.39 is 35.8 Å². The molecular weight excluding hydrogens is 994 g/mol. The molecule has 0 bridgehead atoms. The minimum Gasteiger partial charge on any atom is -0.492 e. The van der Waals surface area contributed by atoms with Gasteiger partial charge in [-0.25, -0.2) is 14.4 Å². The molecule has 60 heavy (non-hydrogen) atoms. The Hall–Kier alpha value is -3.80. The van der Waals surface area contributed by atoms with Gasteiger partial charge in [0.1, 0.15) is 23.1 Å². The molecule has 2 atom stereocenters. The van der Waals surface area contributed by atoms with E-state index in [1.807, 2.05) is 79.7 Å². The van der Waals surface area contributed by atoms with Gasteiger partial charge in [0.25, 0.3) is 0 Å². The molecule has 0 aliphatic carbocycles. The van der Waals surface area contributed by atoms with Crippen LogP contribution in [0.25, 0.3) is 0 Å². The summed E-state index contributed by atoms with van der Waals surface area (Å²) in [5, 5.41) is 5.47. The van der Waals surface area contributed by atoms with Crippen LogP contribution < -0.4 is 20.1 Å². The Kier molecular flexibility index (Phi) is 24.2. The normalized spacial score (nSPS) is 12.1. The molecule has 0 fully saturated rings. The maximum atomic E-state index is 12.9. The number of halogens is 2. The molecule has 330 valence electrons. The number of alkyl carbamates (subject to hydrolysis) is 2. The van der Waals surface area contributed by atoms with Gasteiger partial charge in [-0.15, -0.1) is 0 Å². The molecule has 0 aliphatic heterocycles. The van der Waals surface area contributed by atoms with Crippen molar-refractivity contribution < 1.29 is 47.6 Å². The Morgan fingerprint density at radius 2 is 1.13 bits per heavy atom. The zero-order chi connectivity index (χ0) is 43.6. The van der Waals surface area contributed by atoms with Crippen molar-refractivity contribution in [2.24, 2.45) is 0 Å². The summed E-state index contributed by atoms with van der Waals surface area (Å²) in [5.74, 6) is 0.784. The highest BCUT2D eigenvalue weighted by Crippen LogP contribution is 2.32. The standard InChI is InChI=1S/C46H62I2N2O10/c1-5-6-25-59-44(53)49-38(35-23-15-12-16-24-35)33-42(51)57-28-19-9-7-17-26-55-40-31-37(48)41(32-36(40)47)56-27-18-8-10-20-29-58-43(52)39(30-34-21-13-11-14-22-34)50-45(54)60-46(2,3)4/h11-16,21-24,31-32,38-39H,5-10,17-20,25-30,33H2,1-4H3,(H,49,53)(H,50,54)/t38?,39-/m0/s1. The first-order valence-corrected chi connectivity index (χ1v) is 23.1. The number of hydrogen-bond acceptors (Lipinski definition) is 10. The molecule has 0 spiro atoms. The lowest BCUT2D eigenvalue weighted by atomic mass is 10.0. The number of unbranched alkanes of at least 4 members (excludes halogenated alkanes) is 7. The van der Waals surface area contributed by atoms with Gasteiger partial charge in [0.15, 0.2) is 0 Å². The van der Waals surface area contributed by atoms with E-state index in [0.29, 0.717) is 39.3 Å². The second-order valence-corrected chi connectivity index (χ2v) is 17.6. The third-order valence-electron chi connectivity index (χ3n) is 8.94. The molecule has 0 saturated carbocycles. The van der Waals surface area contributed by atoms with Crippen molar-refractivity contribution in [3.63, 3.8) is 0 Å². The zero-order valence-electron chi connectivity index (χ0n) is 35.4. The topological polar surface area (TPSA) is 148 Å². The molecule has 3 rings (SSSR count). The van der Waals surface area contributed by atoms with Gasteiger partial charge in [-0.1, -0.05) is 74.0 Å². The number of rotatable bonds is 27. The van der Waals surface area contributed by atoms with E-state index in [0.717, 1.165) is 87.6 Å². The van der Waals surface area contributed by atoms with Gasteiger partial charge in [-0.2, -0.15) is 0 Å². The Bertz CT molecular complexity index is 1720. The third kappa shape index (κ3) is 21.6. The molecule has 2 N–H and O–H groups in total. The van der Waals surface area contributed by atoms with Crippen molar-refractivity contribution in [2.75, 3.05) is 33.0 Å². The average Bonchev–Trinajstić information content (AvgIpc) is 3.20. The minimum absolute atomic E-state index is 0.0267. The molecule has 0 heterocycles. The molecule has 0 saturated heterocycles. The Morgan fingerprint density at radius 1 is 0.617 bits per heavy atom. The average molecular weight is 1060 g/mol. The first-order chi connectivity index (χ1) is 28.8. The van der Waals surface area contributed by atoms with Crippen LogP contribution in [0.15, 0.2) is 72.8 Å². The maximum absolute atomic E-state index is 12.9. The van der Waals surface area contributed by atoms with Crippen LogP contribution in [0.3, 0.4) is 0 Å². The summed E-state index contributed by atoms with van der Waals surface area (Å²) in [6.07, 6.45) is 7.65. The summed E-state index contributed by atoms with van der Waals surface area (Å²) in [4.78, 5) is 50.2. The fourth-order valence-corrected chi connectivity index (χ4v) is 7.01. The second-order valence-electron chi connectivity index (χ2n) is 15.3. The molecule has 3 aromatic rings. The van der Waals surface area contributed by atoms with Crippen LogP contribution in [0.2, 0.25) is 0 Å². The van der Waals surface area contributed by atoms with Crippen LogP contribution in [-0.2, 0) is 35.0 Å². The number of nitrogens with one attached hydrogen (secondary N) is 2. The van der Waals surface area contributed by atoms with Crippen molar-refractivity contribution in [3.8, 4) is 11.5 Å². The monoisotopic (exact) mass is 1060 g/mol. The van der Waals surface area contributed by atoms with E-state index in [9.17, 15) is 19.2 Å². The molecule has 3 aromatic carbocycles. The van der Waals surface area contributed by atoms with Gasteiger partial charge in [0.2, 0.25) is 0 Å². The fourth-order valence-electron chi connectivity index (χ4n) is 5.82. The third-order valence-corrected chi connectivity index (χ3v) is 10.6. The molecule has 14 heteroatoms. The summed E-state index contributed by atoms with van der Waals surface area (Å²) in [7, 11) is 0. The SMILES string of the molecule is CCCCOC(=O)NC(CC(=O)OCCCCCCOc1cc(I)c(OCCCCCCOC(=O)[C@H](Cc2ccccc2)NC(=O)OC(C)(C)C)cc1I)c1ccccc1. The quantitative estimate of drug-likeness (QED) is 0.0327. The maximum Gasteiger partial charge on any atom is 0.408 e. The number of carbonyl (C=O) groups excluding carboxylic acids is 4. The Morgan fingerprint density at radius 3 is 1.68 bits per heavy atom. The van der Waals surface area contributed by atoms with Gasteiger partial charge >= 0.3 is 24.1 Å². The number of esters is 2. The molecule has 0 aromatic heterocycles. The first-order valence-electron chi connectivity index (χ1n) is 20.9. The lowest BCUT2D eigenvalue weighted by molar-refractivity contribution is -0.146. The summed E-state index contributed by atoms with van der Waals surface area (Å²) in [6.45, 7) is 9.42. The lowest BCUT2D eigenvalue weighted by Gasteiger charge is -2.23. The highest BCUT2D eigenvalue weighted by Gasteiger charge is 2.26. The zero-order valence-corrected chi connectivity index (χ0v) is 39.8. The van der Waals surface area contributed by atoms with Gasteiger partial charge in [-0.3, -0.25) is 4.79 Å². The van der Waals surface area contributed by atoms with E-state index in [-0.39, 0.29) is 19.0 Å².